The van der Waals surface area contributed by atoms with Crippen LogP contribution in [0.4, 0.5) is 11.4 Å². The van der Waals surface area contributed by atoms with E-state index >= 15 is 0 Å². The van der Waals surface area contributed by atoms with Gasteiger partial charge in [-0.3, -0.25) is 14.9 Å². The first kappa shape index (κ1) is 20.5. The van der Waals surface area contributed by atoms with Gasteiger partial charge in [-0.1, -0.05) is 49.0 Å². The summed E-state index contributed by atoms with van der Waals surface area (Å²) in [5, 5.41) is 21.9. The van der Waals surface area contributed by atoms with E-state index in [0.29, 0.717) is 28.8 Å². The second-order valence-corrected chi connectivity index (χ2v) is 7.33. The van der Waals surface area contributed by atoms with E-state index in [1.807, 2.05) is 12.1 Å². The standard InChI is InChI=1S/C20H20N4O4S/c1-3-14-5-7-15(8-6-14)10-19-22-23-20(28-19)29-12-18(25)21-16-9-4-13(2)17(11-16)24(26)27/h4-9,11H,3,10,12H2,1-2H3,(H,21,25). The Hall–Kier alpha value is -3.20. The molecule has 1 heterocycles. The number of hydrogen-bond acceptors (Lipinski definition) is 7. The van der Waals surface area contributed by atoms with Crippen LogP contribution in [0, 0.1) is 17.0 Å². The number of nitrogens with zero attached hydrogens (tertiary/aromatic N) is 3. The normalized spacial score (nSPS) is 10.7. The van der Waals surface area contributed by atoms with Crippen LogP contribution in [0.5, 0.6) is 0 Å². The fourth-order valence-corrected chi connectivity index (χ4v) is 3.22. The summed E-state index contributed by atoms with van der Waals surface area (Å²) < 4.78 is 5.58. The lowest BCUT2D eigenvalue weighted by Crippen LogP contribution is -2.14. The third kappa shape index (κ3) is 5.64. The summed E-state index contributed by atoms with van der Waals surface area (Å²) in [5.41, 5.74) is 3.20. The average Bonchev–Trinajstić information content (AvgIpc) is 3.15. The fourth-order valence-electron chi connectivity index (χ4n) is 2.64. The monoisotopic (exact) mass is 412 g/mol. The van der Waals surface area contributed by atoms with Crippen molar-refractivity contribution in [1.82, 2.24) is 10.2 Å². The molecule has 1 aromatic heterocycles. The second-order valence-electron chi connectivity index (χ2n) is 6.40. The van der Waals surface area contributed by atoms with Crippen molar-refractivity contribution in [2.75, 3.05) is 11.1 Å². The molecule has 0 saturated heterocycles. The summed E-state index contributed by atoms with van der Waals surface area (Å²) in [7, 11) is 0. The van der Waals surface area contributed by atoms with Crippen LogP contribution >= 0.6 is 11.8 Å². The lowest BCUT2D eigenvalue weighted by Gasteiger charge is -2.05. The van der Waals surface area contributed by atoms with Gasteiger partial charge in [0.2, 0.25) is 11.8 Å². The summed E-state index contributed by atoms with van der Waals surface area (Å²) in [5.74, 6) is 0.212. The summed E-state index contributed by atoms with van der Waals surface area (Å²) in [6.07, 6.45) is 1.51. The Balaban J connectivity index is 1.53. The molecule has 8 nitrogen and oxygen atoms in total. The number of thioether (sulfide) groups is 1. The van der Waals surface area contributed by atoms with Crippen molar-refractivity contribution in [3.63, 3.8) is 0 Å². The zero-order valence-corrected chi connectivity index (χ0v) is 16.9. The highest BCUT2D eigenvalue weighted by Gasteiger charge is 2.14. The van der Waals surface area contributed by atoms with Gasteiger partial charge >= 0.3 is 0 Å². The lowest BCUT2D eigenvalue weighted by atomic mass is 10.1. The molecule has 29 heavy (non-hydrogen) atoms. The molecule has 3 rings (SSSR count). The minimum Gasteiger partial charge on any atom is -0.416 e. The molecule has 0 atom stereocenters. The number of nitro groups is 1. The van der Waals surface area contributed by atoms with Gasteiger partial charge in [-0.15, -0.1) is 10.2 Å². The Labute approximate surface area is 171 Å². The Morgan fingerprint density at radius 3 is 2.59 bits per heavy atom. The molecule has 0 spiro atoms. The van der Waals surface area contributed by atoms with Gasteiger partial charge in [-0.25, -0.2) is 0 Å². The van der Waals surface area contributed by atoms with Crippen LogP contribution in [0.25, 0.3) is 0 Å². The number of rotatable bonds is 8. The molecule has 0 saturated carbocycles. The quantitative estimate of drug-likeness (QED) is 0.336. The first-order chi connectivity index (χ1) is 13.9. The Morgan fingerprint density at radius 2 is 1.90 bits per heavy atom. The van der Waals surface area contributed by atoms with E-state index in [2.05, 4.69) is 34.6 Å². The third-order valence-corrected chi connectivity index (χ3v) is 5.07. The topological polar surface area (TPSA) is 111 Å². The number of carbonyl (C=O) groups is 1. The Bertz CT molecular complexity index is 1020. The summed E-state index contributed by atoms with van der Waals surface area (Å²) >= 11 is 1.11. The van der Waals surface area contributed by atoms with Crippen LogP contribution in [0.15, 0.2) is 52.1 Å². The minimum absolute atomic E-state index is 0.0380. The SMILES string of the molecule is CCc1ccc(Cc2nnc(SCC(=O)Nc3ccc(C)c([N+](=O)[O-])c3)o2)cc1. The number of carbonyl (C=O) groups excluding carboxylic acids is 1. The van der Waals surface area contributed by atoms with Crippen LogP contribution in [-0.4, -0.2) is 26.8 Å². The van der Waals surface area contributed by atoms with E-state index in [1.165, 1.54) is 11.6 Å². The summed E-state index contributed by atoms with van der Waals surface area (Å²) in [6.45, 7) is 3.75. The molecule has 1 N–H and O–H groups in total. The van der Waals surface area contributed by atoms with Crippen molar-refractivity contribution < 1.29 is 14.1 Å². The van der Waals surface area contributed by atoms with Gasteiger partial charge in [0, 0.05) is 17.3 Å². The van der Waals surface area contributed by atoms with Crippen LogP contribution in [0.3, 0.4) is 0 Å². The van der Waals surface area contributed by atoms with Gasteiger partial charge in [0.1, 0.15) is 0 Å². The number of aryl methyl sites for hydroxylation is 2. The first-order valence-electron chi connectivity index (χ1n) is 9.02. The van der Waals surface area contributed by atoms with Gasteiger partial charge < -0.3 is 9.73 Å². The van der Waals surface area contributed by atoms with Gasteiger partial charge in [-0.05, 0) is 30.5 Å². The zero-order valence-electron chi connectivity index (χ0n) is 16.0. The maximum absolute atomic E-state index is 12.1. The number of nitro benzene ring substituents is 1. The third-order valence-electron chi connectivity index (χ3n) is 4.25. The van der Waals surface area contributed by atoms with Gasteiger partial charge in [0.25, 0.3) is 10.9 Å². The highest BCUT2D eigenvalue weighted by molar-refractivity contribution is 7.99. The molecule has 3 aromatic rings. The number of aromatic nitrogens is 2. The molecule has 2 aromatic carbocycles. The predicted molar refractivity (Wildman–Crippen MR) is 110 cm³/mol. The highest BCUT2D eigenvalue weighted by atomic mass is 32.2. The van der Waals surface area contributed by atoms with Crippen molar-refractivity contribution in [2.45, 2.75) is 31.9 Å². The molecule has 0 fully saturated rings. The first-order valence-corrected chi connectivity index (χ1v) is 10.0. The van der Waals surface area contributed by atoms with Crippen molar-refractivity contribution in [2.24, 2.45) is 0 Å². The van der Waals surface area contributed by atoms with Crippen molar-refractivity contribution in [3.8, 4) is 0 Å². The Morgan fingerprint density at radius 1 is 1.17 bits per heavy atom. The smallest absolute Gasteiger partial charge is 0.277 e. The van der Waals surface area contributed by atoms with Gasteiger partial charge in [0.05, 0.1) is 17.1 Å². The number of hydrogen-bond donors (Lipinski definition) is 1. The predicted octanol–water partition coefficient (Wildman–Crippen LogP) is 4.17. The van der Waals surface area contributed by atoms with E-state index in [-0.39, 0.29) is 17.3 Å². The average molecular weight is 412 g/mol. The Kier molecular flexibility index (Phi) is 6.61. The number of benzene rings is 2. The van der Waals surface area contributed by atoms with E-state index in [1.54, 1.807) is 19.1 Å². The van der Waals surface area contributed by atoms with Crippen molar-refractivity contribution in [3.05, 3.63) is 75.2 Å². The molecule has 150 valence electrons. The molecule has 0 bridgehead atoms. The zero-order chi connectivity index (χ0) is 20.8. The highest BCUT2D eigenvalue weighted by Crippen LogP contribution is 2.23. The molecule has 1 amide bonds. The minimum atomic E-state index is -0.477. The molecule has 0 unspecified atom stereocenters. The molecular formula is C20H20N4O4S. The molecule has 0 aliphatic carbocycles. The molecule has 0 aliphatic rings. The summed E-state index contributed by atoms with van der Waals surface area (Å²) in [4.78, 5) is 22.6. The van der Waals surface area contributed by atoms with E-state index in [4.69, 9.17) is 4.42 Å². The van der Waals surface area contributed by atoms with Crippen LogP contribution in [0.2, 0.25) is 0 Å². The van der Waals surface area contributed by atoms with E-state index in [9.17, 15) is 14.9 Å². The van der Waals surface area contributed by atoms with Crippen molar-refractivity contribution >= 4 is 29.0 Å². The van der Waals surface area contributed by atoms with E-state index < -0.39 is 4.92 Å². The number of anilines is 1. The maximum Gasteiger partial charge on any atom is 0.277 e. The van der Waals surface area contributed by atoms with Crippen molar-refractivity contribution in [1.29, 1.82) is 0 Å². The van der Waals surface area contributed by atoms with E-state index in [0.717, 1.165) is 23.7 Å². The second kappa shape index (κ2) is 9.33. The number of nitrogens with one attached hydrogen (secondary N) is 1. The molecule has 0 radical (unpaired) electrons. The molecule has 0 aliphatic heterocycles. The lowest BCUT2D eigenvalue weighted by molar-refractivity contribution is -0.385. The van der Waals surface area contributed by atoms with Crippen LogP contribution < -0.4 is 5.32 Å². The van der Waals surface area contributed by atoms with Gasteiger partial charge in [-0.2, -0.15) is 0 Å². The largest absolute Gasteiger partial charge is 0.416 e. The number of amides is 1. The molecule has 9 heteroatoms. The fraction of sp³-hybridized carbons (Fsp3) is 0.250. The van der Waals surface area contributed by atoms with Crippen LogP contribution in [-0.2, 0) is 17.6 Å². The molecular weight excluding hydrogens is 392 g/mol. The van der Waals surface area contributed by atoms with Gasteiger partial charge in [0.15, 0.2) is 0 Å². The van der Waals surface area contributed by atoms with Crippen LogP contribution in [0.1, 0.15) is 29.5 Å². The summed E-state index contributed by atoms with van der Waals surface area (Å²) in [6, 6.07) is 12.8. The maximum atomic E-state index is 12.1.